The molecule has 0 saturated heterocycles. The predicted molar refractivity (Wildman–Crippen MR) is 93.7 cm³/mol. The van der Waals surface area contributed by atoms with Gasteiger partial charge >= 0.3 is 0 Å². The summed E-state index contributed by atoms with van der Waals surface area (Å²) in [5, 5.41) is 12.4. The molecule has 0 aliphatic heterocycles. The molecule has 6 nitrogen and oxygen atoms in total. The van der Waals surface area contributed by atoms with E-state index in [1.54, 1.807) is 18.5 Å². The molecule has 3 aromatic heterocycles. The average Bonchev–Trinajstić information content (AvgIpc) is 3.31. The highest BCUT2D eigenvalue weighted by Gasteiger charge is 2.13. The molecule has 4 rings (SSSR count). The Hall–Kier alpha value is -2.93. The molecule has 7 heteroatoms. The van der Waals surface area contributed by atoms with Gasteiger partial charge < -0.3 is 8.83 Å². The van der Waals surface area contributed by atoms with Gasteiger partial charge in [0, 0.05) is 17.4 Å². The average molecular weight is 338 g/mol. The van der Waals surface area contributed by atoms with Crippen molar-refractivity contribution >= 4 is 29.4 Å². The second kappa shape index (κ2) is 5.93. The van der Waals surface area contributed by atoms with E-state index in [9.17, 15) is 0 Å². The first-order chi connectivity index (χ1) is 11.8. The van der Waals surface area contributed by atoms with Gasteiger partial charge in [-0.05, 0) is 30.4 Å². The molecule has 1 N–H and O–H groups in total. The van der Waals surface area contributed by atoms with Crippen LogP contribution in [-0.4, -0.2) is 21.1 Å². The van der Waals surface area contributed by atoms with E-state index in [2.05, 4.69) is 15.3 Å². The summed E-state index contributed by atoms with van der Waals surface area (Å²) in [4.78, 5) is 0. The molecule has 0 fully saturated rings. The summed E-state index contributed by atoms with van der Waals surface area (Å²) in [6.45, 7) is 2.05. The summed E-state index contributed by atoms with van der Waals surface area (Å²) in [5.41, 5.74) is 1.79. The second-order valence-electron chi connectivity index (χ2n) is 5.17. The first-order valence-corrected chi connectivity index (χ1v) is 7.95. The number of hydrogen-bond acceptors (Lipinski definition) is 5. The van der Waals surface area contributed by atoms with Crippen LogP contribution in [0.3, 0.4) is 0 Å². The Kier molecular flexibility index (Phi) is 3.62. The van der Waals surface area contributed by atoms with Crippen molar-refractivity contribution in [2.75, 3.05) is 0 Å². The lowest BCUT2D eigenvalue weighted by Gasteiger charge is -1.98. The van der Waals surface area contributed by atoms with Crippen LogP contribution in [0.5, 0.6) is 0 Å². The fourth-order valence-corrected chi connectivity index (χ4v) is 2.78. The summed E-state index contributed by atoms with van der Waals surface area (Å²) in [5.74, 6) is 1.99. The Labute approximate surface area is 142 Å². The van der Waals surface area contributed by atoms with Crippen molar-refractivity contribution in [2.24, 2.45) is 5.10 Å². The van der Waals surface area contributed by atoms with Gasteiger partial charge in [-0.25, -0.2) is 5.10 Å². The van der Waals surface area contributed by atoms with Crippen molar-refractivity contribution in [2.45, 2.75) is 13.3 Å². The van der Waals surface area contributed by atoms with E-state index in [1.807, 2.05) is 37.3 Å². The highest BCUT2D eigenvalue weighted by molar-refractivity contribution is 7.71. The van der Waals surface area contributed by atoms with Crippen LogP contribution in [0.25, 0.3) is 22.6 Å². The zero-order valence-corrected chi connectivity index (χ0v) is 13.7. The number of fused-ring (bicyclic) bond motifs is 1. The van der Waals surface area contributed by atoms with Gasteiger partial charge in [0.15, 0.2) is 5.76 Å². The highest BCUT2D eigenvalue weighted by atomic mass is 32.1. The Morgan fingerprint density at radius 3 is 2.96 bits per heavy atom. The molecule has 0 radical (unpaired) electrons. The van der Waals surface area contributed by atoms with Crippen LogP contribution in [0.15, 0.2) is 56.6 Å². The van der Waals surface area contributed by atoms with E-state index in [4.69, 9.17) is 21.1 Å². The van der Waals surface area contributed by atoms with E-state index in [0.29, 0.717) is 16.4 Å². The molecular weight excluding hydrogens is 324 g/mol. The highest BCUT2D eigenvalue weighted by Crippen LogP contribution is 2.25. The topological polar surface area (TPSA) is 72.2 Å². The van der Waals surface area contributed by atoms with Crippen LogP contribution in [0.4, 0.5) is 0 Å². The number of rotatable bonds is 4. The molecular formula is C17H14N4O2S. The molecule has 0 saturated carbocycles. The maximum atomic E-state index is 5.88. The van der Waals surface area contributed by atoms with E-state index < -0.39 is 0 Å². The summed E-state index contributed by atoms with van der Waals surface area (Å²) in [7, 11) is 0. The Balaban J connectivity index is 1.83. The minimum absolute atomic E-state index is 0.392. The first kappa shape index (κ1) is 14.6. The van der Waals surface area contributed by atoms with Gasteiger partial charge in [0.05, 0.1) is 12.5 Å². The Morgan fingerprint density at radius 2 is 2.17 bits per heavy atom. The van der Waals surface area contributed by atoms with E-state index in [1.165, 1.54) is 4.68 Å². The number of nitrogens with one attached hydrogen (secondary N) is 1. The summed E-state index contributed by atoms with van der Waals surface area (Å²) >= 11 is 5.26. The van der Waals surface area contributed by atoms with Gasteiger partial charge in [0.1, 0.15) is 11.3 Å². The third-order valence-electron chi connectivity index (χ3n) is 3.73. The molecule has 0 amide bonds. The van der Waals surface area contributed by atoms with Gasteiger partial charge in [-0.2, -0.15) is 9.78 Å². The van der Waals surface area contributed by atoms with Crippen LogP contribution in [0, 0.1) is 4.77 Å². The SMILES string of the molecule is CCc1oc2ccccc2c1/C=N\n1c(-c2ccco2)n[nH]c1=S. The van der Waals surface area contributed by atoms with Crippen molar-refractivity contribution in [3.05, 3.63) is 58.8 Å². The van der Waals surface area contributed by atoms with Gasteiger partial charge in [0.2, 0.25) is 10.6 Å². The fraction of sp³-hybridized carbons (Fsp3) is 0.118. The van der Waals surface area contributed by atoms with Crippen molar-refractivity contribution in [1.29, 1.82) is 0 Å². The molecule has 1 aromatic carbocycles. The Morgan fingerprint density at radius 1 is 1.29 bits per heavy atom. The lowest BCUT2D eigenvalue weighted by Crippen LogP contribution is -1.95. The summed E-state index contributed by atoms with van der Waals surface area (Å²) in [6.07, 6.45) is 4.11. The zero-order valence-electron chi connectivity index (χ0n) is 12.9. The van der Waals surface area contributed by atoms with Crippen molar-refractivity contribution < 1.29 is 8.83 Å². The maximum Gasteiger partial charge on any atom is 0.219 e. The molecule has 3 heterocycles. The zero-order chi connectivity index (χ0) is 16.5. The molecule has 0 unspecified atom stereocenters. The minimum Gasteiger partial charge on any atom is -0.461 e. The van der Waals surface area contributed by atoms with E-state index >= 15 is 0 Å². The van der Waals surface area contributed by atoms with Crippen molar-refractivity contribution in [1.82, 2.24) is 14.9 Å². The molecule has 0 atom stereocenters. The van der Waals surface area contributed by atoms with Gasteiger partial charge in [-0.1, -0.05) is 25.1 Å². The Bertz CT molecular complexity index is 1070. The van der Waals surface area contributed by atoms with Crippen LogP contribution in [0.1, 0.15) is 18.2 Å². The number of para-hydroxylation sites is 1. The quantitative estimate of drug-likeness (QED) is 0.442. The van der Waals surface area contributed by atoms with Crippen molar-refractivity contribution in [3.8, 4) is 11.6 Å². The monoisotopic (exact) mass is 338 g/mol. The molecule has 0 aliphatic rings. The molecule has 0 bridgehead atoms. The summed E-state index contributed by atoms with van der Waals surface area (Å²) in [6, 6.07) is 11.5. The number of aromatic amines is 1. The lowest BCUT2D eigenvalue weighted by atomic mass is 10.1. The van der Waals surface area contributed by atoms with Crippen LogP contribution in [-0.2, 0) is 6.42 Å². The number of aryl methyl sites for hydroxylation is 1. The van der Waals surface area contributed by atoms with Crippen LogP contribution >= 0.6 is 12.2 Å². The minimum atomic E-state index is 0.392. The molecule has 4 aromatic rings. The number of hydrogen-bond donors (Lipinski definition) is 1. The third kappa shape index (κ3) is 2.39. The number of nitrogens with zero attached hydrogens (tertiary/aromatic N) is 3. The van der Waals surface area contributed by atoms with E-state index in [0.717, 1.165) is 28.7 Å². The van der Waals surface area contributed by atoms with Crippen LogP contribution in [0.2, 0.25) is 0 Å². The summed E-state index contributed by atoms with van der Waals surface area (Å²) < 4.78 is 13.2. The number of H-pyrrole nitrogens is 1. The van der Waals surface area contributed by atoms with Gasteiger partial charge in [-0.15, -0.1) is 5.10 Å². The largest absolute Gasteiger partial charge is 0.461 e. The smallest absolute Gasteiger partial charge is 0.219 e. The molecule has 0 aliphatic carbocycles. The predicted octanol–water partition coefficient (Wildman–Crippen LogP) is 4.39. The number of furan rings is 2. The third-order valence-corrected chi connectivity index (χ3v) is 3.99. The normalized spacial score (nSPS) is 11.7. The standard InChI is InChI=1S/C17H14N4O2S/c1-2-13-12(11-6-3-4-7-14(11)23-13)10-18-21-16(19-20-17(21)24)15-8-5-9-22-15/h3-10H,2H2,1H3,(H,20,24)/b18-10-. The van der Waals surface area contributed by atoms with Gasteiger partial charge in [0.25, 0.3) is 0 Å². The second-order valence-corrected chi connectivity index (χ2v) is 5.56. The number of aromatic nitrogens is 3. The van der Waals surface area contributed by atoms with E-state index in [-0.39, 0.29) is 0 Å². The first-order valence-electron chi connectivity index (χ1n) is 7.54. The maximum absolute atomic E-state index is 5.88. The number of benzene rings is 1. The van der Waals surface area contributed by atoms with Gasteiger partial charge in [-0.3, -0.25) is 0 Å². The lowest BCUT2D eigenvalue weighted by molar-refractivity contribution is 0.556. The fourth-order valence-electron chi connectivity index (χ4n) is 2.60. The van der Waals surface area contributed by atoms with Crippen LogP contribution < -0.4 is 0 Å². The molecule has 24 heavy (non-hydrogen) atoms. The molecule has 0 spiro atoms. The molecule has 120 valence electrons. The van der Waals surface area contributed by atoms with Crippen molar-refractivity contribution in [3.63, 3.8) is 0 Å².